The number of aromatic nitrogens is 2. The van der Waals surface area contributed by atoms with Gasteiger partial charge in [0.1, 0.15) is 11.5 Å². The highest BCUT2D eigenvalue weighted by Gasteiger charge is 2.17. The Morgan fingerprint density at radius 3 is 2.36 bits per heavy atom. The lowest BCUT2D eigenvalue weighted by Crippen LogP contribution is -2.36. The molecule has 2 aliphatic rings. The smallest absolute Gasteiger partial charge is 0.274 e. The molecule has 0 spiro atoms. The maximum atomic E-state index is 12.7. The lowest BCUT2D eigenvalue weighted by Gasteiger charge is -2.29. The number of nitrogens with zero attached hydrogens (tertiary/aromatic N) is 4. The van der Waals surface area contributed by atoms with Crippen molar-refractivity contribution in [2.45, 2.75) is 6.92 Å². The van der Waals surface area contributed by atoms with Crippen LogP contribution >= 0.6 is 0 Å². The maximum absolute atomic E-state index is 12.7. The molecule has 28 heavy (non-hydrogen) atoms. The molecule has 2 fully saturated rings. The Balaban J connectivity index is 1.46. The zero-order valence-corrected chi connectivity index (χ0v) is 16.1. The van der Waals surface area contributed by atoms with Crippen LogP contribution in [0.15, 0.2) is 30.5 Å². The van der Waals surface area contributed by atoms with Gasteiger partial charge in [0.25, 0.3) is 5.91 Å². The van der Waals surface area contributed by atoms with Crippen LogP contribution < -0.4 is 15.1 Å². The average Bonchev–Trinajstić information content (AvgIpc) is 2.76. The molecule has 2 aromatic rings. The molecule has 0 radical (unpaired) electrons. The number of carbonyl (C=O) groups excluding carboxylic acids is 1. The van der Waals surface area contributed by atoms with Gasteiger partial charge in [-0.05, 0) is 31.2 Å². The van der Waals surface area contributed by atoms with Crippen molar-refractivity contribution in [2.75, 3.05) is 67.7 Å². The van der Waals surface area contributed by atoms with E-state index in [4.69, 9.17) is 9.47 Å². The molecular formula is C20H25N5O3. The van der Waals surface area contributed by atoms with Crippen LogP contribution in [-0.2, 0) is 9.47 Å². The molecule has 0 aromatic carbocycles. The summed E-state index contributed by atoms with van der Waals surface area (Å²) >= 11 is 0. The number of hydrogen-bond donors (Lipinski definition) is 1. The van der Waals surface area contributed by atoms with E-state index < -0.39 is 0 Å². The molecule has 4 heterocycles. The van der Waals surface area contributed by atoms with Crippen molar-refractivity contribution < 1.29 is 14.3 Å². The van der Waals surface area contributed by atoms with Crippen LogP contribution in [0.1, 0.15) is 16.2 Å². The van der Waals surface area contributed by atoms with Crippen molar-refractivity contribution in [2.24, 2.45) is 0 Å². The number of morpholine rings is 2. The Morgan fingerprint density at radius 1 is 1.00 bits per heavy atom. The van der Waals surface area contributed by atoms with Crippen LogP contribution in [0, 0.1) is 6.92 Å². The van der Waals surface area contributed by atoms with E-state index in [1.165, 1.54) is 0 Å². The van der Waals surface area contributed by atoms with Crippen molar-refractivity contribution in [3.05, 3.63) is 41.9 Å². The van der Waals surface area contributed by atoms with Crippen molar-refractivity contribution >= 4 is 23.1 Å². The number of carbonyl (C=O) groups is 1. The molecule has 2 aromatic heterocycles. The first kappa shape index (κ1) is 18.6. The first-order valence-electron chi connectivity index (χ1n) is 9.61. The van der Waals surface area contributed by atoms with E-state index in [2.05, 4.69) is 25.1 Å². The summed E-state index contributed by atoms with van der Waals surface area (Å²) in [5.74, 6) is 0.672. The Bertz CT molecular complexity index is 832. The highest BCUT2D eigenvalue weighted by molar-refractivity contribution is 6.03. The summed E-state index contributed by atoms with van der Waals surface area (Å²) in [5, 5.41) is 2.94. The zero-order valence-electron chi connectivity index (χ0n) is 16.1. The fourth-order valence-corrected chi connectivity index (χ4v) is 3.40. The topological polar surface area (TPSA) is 79.8 Å². The van der Waals surface area contributed by atoms with Gasteiger partial charge in [0, 0.05) is 38.1 Å². The van der Waals surface area contributed by atoms with Crippen molar-refractivity contribution in [3.63, 3.8) is 0 Å². The van der Waals surface area contributed by atoms with Crippen molar-refractivity contribution in [3.8, 4) is 0 Å². The van der Waals surface area contributed by atoms with Gasteiger partial charge in [-0.25, -0.2) is 4.98 Å². The molecule has 2 aliphatic heterocycles. The maximum Gasteiger partial charge on any atom is 0.274 e. The Labute approximate surface area is 164 Å². The first-order valence-corrected chi connectivity index (χ1v) is 9.61. The average molecular weight is 383 g/mol. The standard InChI is InChI=1S/C20H25N5O3/c1-15-17(2-3-19(22-15)25-8-12-28-13-9-25)23-20(26)18-14-16(4-5-21-18)24-6-10-27-11-7-24/h2-5,14H,6-13H2,1H3,(H,23,26). The van der Waals surface area contributed by atoms with Gasteiger partial charge in [-0.15, -0.1) is 0 Å². The van der Waals surface area contributed by atoms with Gasteiger partial charge in [-0.1, -0.05) is 0 Å². The summed E-state index contributed by atoms with van der Waals surface area (Å²) in [6.45, 7) is 8.02. The first-order chi connectivity index (χ1) is 13.7. The van der Waals surface area contributed by atoms with Gasteiger partial charge < -0.3 is 24.6 Å². The van der Waals surface area contributed by atoms with E-state index in [1.54, 1.807) is 6.20 Å². The second kappa shape index (κ2) is 8.53. The third kappa shape index (κ3) is 4.23. The van der Waals surface area contributed by atoms with E-state index in [0.29, 0.717) is 37.8 Å². The minimum Gasteiger partial charge on any atom is -0.378 e. The molecule has 2 saturated heterocycles. The summed E-state index contributed by atoms with van der Waals surface area (Å²) in [4.78, 5) is 26.0. The summed E-state index contributed by atoms with van der Waals surface area (Å²) < 4.78 is 10.8. The highest BCUT2D eigenvalue weighted by atomic mass is 16.5. The van der Waals surface area contributed by atoms with E-state index in [0.717, 1.165) is 43.4 Å². The minimum absolute atomic E-state index is 0.237. The normalized spacial score (nSPS) is 17.5. The van der Waals surface area contributed by atoms with Gasteiger partial charge in [-0.2, -0.15) is 0 Å². The third-order valence-electron chi connectivity index (χ3n) is 5.01. The second-order valence-corrected chi connectivity index (χ2v) is 6.85. The molecule has 8 nitrogen and oxygen atoms in total. The molecule has 4 rings (SSSR count). The molecule has 0 aliphatic carbocycles. The summed E-state index contributed by atoms with van der Waals surface area (Å²) in [6.07, 6.45) is 1.67. The SMILES string of the molecule is Cc1nc(N2CCOCC2)ccc1NC(=O)c1cc(N2CCOCC2)ccn1. The third-order valence-corrected chi connectivity index (χ3v) is 5.01. The number of ether oxygens (including phenoxy) is 2. The number of rotatable bonds is 4. The van der Waals surface area contributed by atoms with Crippen molar-refractivity contribution in [1.82, 2.24) is 9.97 Å². The number of anilines is 3. The van der Waals surface area contributed by atoms with Crippen LogP contribution in [0.3, 0.4) is 0 Å². The van der Waals surface area contributed by atoms with Crippen LogP contribution in [0.25, 0.3) is 0 Å². The minimum atomic E-state index is -0.237. The van der Waals surface area contributed by atoms with Gasteiger partial charge in [0.15, 0.2) is 0 Å². The monoisotopic (exact) mass is 383 g/mol. The summed E-state index contributed by atoms with van der Waals surface area (Å²) in [7, 11) is 0. The van der Waals surface area contributed by atoms with E-state index in [1.807, 2.05) is 31.2 Å². The molecule has 0 atom stereocenters. The quantitative estimate of drug-likeness (QED) is 0.861. The predicted octanol–water partition coefficient (Wildman–Crippen LogP) is 1.71. The summed E-state index contributed by atoms with van der Waals surface area (Å²) in [5.41, 5.74) is 2.85. The molecule has 0 bridgehead atoms. The fraction of sp³-hybridized carbons (Fsp3) is 0.450. The zero-order chi connectivity index (χ0) is 19.3. The molecule has 8 heteroatoms. The van der Waals surface area contributed by atoms with E-state index >= 15 is 0 Å². The molecular weight excluding hydrogens is 358 g/mol. The van der Waals surface area contributed by atoms with Crippen LogP contribution in [-0.4, -0.2) is 68.5 Å². The summed E-state index contributed by atoms with van der Waals surface area (Å²) in [6, 6.07) is 7.58. The molecule has 0 saturated carbocycles. The van der Waals surface area contributed by atoms with Crippen LogP contribution in [0.5, 0.6) is 0 Å². The van der Waals surface area contributed by atoms with Crippen LogP contribution in [0.4, 0.5) is 17.2 Å². The van der Waals surface area contributed by atoms with Gasteiger partial charge in [0.2, 0.25) is 0 Å². The second-order valence-electron chi connectivity index (χ2n) is 6.85. The highest BCUT2D eigenvalue weighted by Crippen LogP contribution is 2.21. The number of pyridine rings is 2. The van der Waals surface area contributed by atoms with E-state index in [9.17, 15) is 4.79 Å². The lowest BCUT2D eigenvalue weighted by molar-refractivity contribution is 0.102. The van der Waals surface area contributed by atoms with Gasteiger partial charge in [-0.3, -0.25) is 9.78 Å². The lowest BCUT2D eigenvalue weighted by atomic mass is 10.2. The van der Waals surface area contributed by atoms with Gasteiger partial charge >= 0.3 is 0 Å². The molecule has 0 unspecified atom stereocenters. The van der Waals surface area contributed by atoms with E-state index in [-0.39, 0.29) is 5.91 Å². The van der Waals surface area contributed by atoms with Crippen LogP contribution in [0.2, 0.25) is 0 Å². The Morgan fingerprint density at radius 2 is 1.68 bits per heavy atom. The Kier molecular flexibility index (Phi) is 5.68. The van der Waals surface area contributed by atoms with Gasteiger partial charge in [0.05, 0.1) is 37.8 Å². The largest absolute Gasteiger partial charge is 0.378 e. The van der Waals surface area contributed by atoms with Crippen molar-refractivity contribution in [1.29, 1.82) is 0 Å². The molecule has 1 amide bonds. The number of nitrogens with one attached hydrogen (secondary N) is 1. The molecule has 148 valence electrons. The molecule has 1 N–H and O–H groups in total. The number of aryl methyl sites for hydroxylation is 1. The Hall–Kier alpha value is -2.71. The predicted molar refractivity (Wildman–Crippen MR) is 107 cm³/mol. The fourth-order valence-electron chi connectivity index (χ4n) is 3.40. The number of amides is 1. The number of hydrogen-bond acceptors (Lipinski definition) is 7.